The summed E-state index contributed by atoms with van der Waals surface area (Å²) in [6, 6.07) is 0. The van der Waals surface area contributed by atoms with E-state index in [1.807, 2.05) is 0 Å². The first-order valence-corrected chi connectivity index (χ1v) is 4.10. The first kappa shape index (κ1) is 7.07. The van der Waals surface area contributed by atoms with Crippen LogP contribution in [0, 0.1) is 5.92 Å². The fourth-order valence-corrected chi connectivity index (χ4v) is 1.26. The van der Waals surface area contributed by atoms with Gasteiger partial charge in [-0.3, -0.25) is 0 Å². The molecule has 1 heteroatoms. The Bertz CT molecular complexity index is 145. The standard InChI is InChI=1S/C8H11Br/c1-7-3-2-4-8(9)6-5-7/h2,4,6-7H,3,5H2,1H3/t7-/m1/s1. The minimum absolute atomic E-state index is 0.816. The van der Waals surface area contributed by atoms with Gasteiger partial charge in [0.15, 0.2) is 0 Å². The van der Waals surface area contributed by atoms with Gasteiger partial charge in [-0.2, -0.15) is 0 Å². The molecule has 1 atom stereocenters. The molecule has 0 radical (unpaired) electrons. The summed E-state index contributed by atoms with van der Waals surface area (Å²) >= 11 is 3.44. The van der Waals surface area contributed by atoms with Gasteiger partial charge in [-0.15, -0.1) is 0 Å². The number of hydrogen-bond acceptors (Lipinski definition) is 0. The van der Waals surface area contributed by atoms with Gasteiger partial charge in [0.2, 0.25) is 0 Å². The molecule has 1 rings (SSSR count). The van der Waals surface area contributed by atoms with Crippen LogP contribution in [0.25, 0.3) is 0 Å². The van der Waals surface area contributed by atoms with Crippen molar-refractivity contribution in [1.29, 1.82) is 0 Å². The molecule has 0 aromatic rings. The van der Waals surface area contributed by atoms with E-state index in [2.05, 4.69) is 41.1 Å². The van der Waals surface area contributed by atoms with Crippen molar-refractivity contribution in [2.24, 2.45) is 5.92 Å². The SMILES string of the molecule is C[C@@H]1CC=CC(Br)=CC1. The fourth-order valence-electron chi connectivity index (χ4n) is 0.891. The minimum Gasteiger partial charge on any atom is -0.0832 e. The first-order chi connectivity index (χ1) is 4.29. The van der Waals surface area contributed by atoms with Crippen LogP contribution in [0.1, 0.15) is 19.8 Å². The van der Waals surface area contributed by atoms with Crippen LogP contribution in [0.5, 0.6) is 0 Å². The third-order valence-corrected chi connectivity index (χ3v) is 2.12. The zero-order chi connectivity index (χ0) is 6.69. The summed E-state index contributed by atoms with van der Waals surface area (Å²) < 4.78 is 1.23. The van der Waals surface area contributed by atoms with E-state index in [9.17, 15) is 0 Å². The Morgan fingerprint density at radius 1 is 1.56 bits per heavy atom. The second-order valence-electron chi connectivity index (χ2n) is 2.57. The normalized spacial score (nSPS) is 27.3. The lowest BCUT2D eigenvalue weighted by molar-refractivity contribution is 0.606. The molecule has 0 bridgehead atoms. The summed E-state index contributed by atoms with van der Waals surface area (Å²) in [5, 5.41) is 0. The molecule has 0 fully saturated rings. The Morgan fingerprint density at radius 2 is 2.33 bits per heavy atom. The van der Waals surface area contributed by atoms with E-state index in [0.717, 1.165) is 5.92 Å². The van der Waals surface area contributed by atoms with Crippen LogP contribution in [0.4, 0.5) is 0 Å². The van der Waals surface area contributed by atoms with Crippen molar-refractivity contribution in [1.82, 2.24) is 0 Å². The molecule has 0 aromatic carbocycles. The molecule has 0 saturated heterocycles. The third kappa shape index (κ3) is 2.35. The average Bonchev–Trinajstić information content (AvgIpc) is 1.97. The summed E-state index contributed by atoms with van der Waals surface area (Å²) in [5.41, 5.74) is 0. The highest BCUT2D eigenvalue weighted by molar-refractivity contribution is 9.11. The second-order valence-corrected chi connectivity index (χ2v) is 3.48. The van der Waals surface area contributed by atoms with E-state index in [0.29, 0.717) is 0 Å². The molecule has 9 heavy (non-hydrogen) atoms. The number of halogens is 1. The predicted octanol–water partition coefficient (Wildman–Crippen LogP) is 3.25. The molecule has 0 N–H and O–H groups in total. The van der Waals surface area contributed by atoms with E-state index in [4.69, 9.17) is 0 Å². The lowest BCUT2D eigenvalue weighted by Crippen LogP contribution is -1.86. The highest BCUT2D eigenvalue weighted by Gasteiger charge is 2.00. The van der Waals surface area contributed by atoms with Gasteiger partial charge >= 0.3 is 0 Å². The minimum atomic E-state index is 0.816. The Kier molecular flexibility index (Phi) is 2.52. The molecule has 0 unspecified atom stereocenters. The van der Waals surface area contributed by atoms with Crippen LogP contribution in [-0.2, 0) is 0 Å². The van der Waals surface area contributed by atoms with Crippen LogP contribution >= 0.6 is 15.9 Å². The van der Waals surface area contributed by atoms with Gasteiger partial charge in [0.1, 0.15) is 0 Å². The van der Waals surface area contributed by atoms with Crippen molar-refractivity contribution in [3.63, 3.8) is 0 Å². The molecule has 0 aliphatic heterocycles. The Labute approximate surface area is 64.8 Å². The van der Waals surface area contributed by atoms with Crippen LogP contribution in [0.3, 0.4) is 0 Å². The van der Waals surface area contributed by atoms with Gasteiger partial charge < -0.3 is 0 Å². The molecule has 0 saturated carbocycles. The monoisotopic (exact) mass is 186 g/mol. The van der Waals surface area contributed by atoms with Crippen LogP contribution < -0.4 is 0 Å². The molecule has 1 aliphatic rings. The topological polar surface area (TPSA) is 0 Å². The Morgan fingerprint density at radius 3 is 3.11 bits per heavy atom. The maximum Gasteiger partial charge on any atom is 0.0132 e. The van der Waals surface area contributed by atoms with Crippen molar-refractivity contribution in [2.45, 2.75) is 19.8 Å². The third-order valence-electron chi connectivity index (χ3n) is 1.53. The molecule has 0 aromatic heterocycles. The predicted molar refractivity (Wildman–Crippen MR) is 44.5 cm³/mol. The Hall–Kier alpha value is -0.0400. The van der Waals surface area contributed by atoms with E-state index in [1.165, 1.54) is 17.3 Å². The van der Waals surface area contributed by atoms with Gasteiger partial charge in [-0.05, 0) is 18.8 Å². The van der Waals surface area contributed by atoms with Crippen molar-refractivity contribution >= 4 is 15.9 Å². The zero-order valence-electron chi connectivity index (χ0n) is 5.60. The van der Waals surface area contributed by atoms with Gasteiger partial charge in [-0.1, -0.05) is 41.1 Å². The number of rotatable bonds is 0. The first-order valence-electron chi connectivity index (χ1n) is 3.31. The van der Waals surface area contributed by atoms with E-state index in [1.54, 1.807) is 0 Å². The second kappa shape index (κ2) is 3.21. The van der Waals surface area contributed by atoms with Gasteiger partial charge in [-0.25, -0.2) is 0 Å². The molecule has 0 heterocycles. The summed E-state index contributed by atoms with van der Waals surface area (Å²) in [4.78, 5) is 0. The van der Waals surface area contributed by atoms with Crippen LogP contribution in [-0.4, -0.2) is 0 Å². The largest absolute Gasteiger partial charge is 0.0832 e. The molecule has 0 amide bonds. The molecule has 50 valence electrons. The smallest absolute Gasteiger partial charge is 0.0132 e. The quantitative estimate of drug-likeness (QED) is 0.546. The molecule has 0 nitrogen and oxygen atoms in total. The summed E-state index contributed by atoms with van der Waals surface area (Å²) in [7, 11) is 0. The van der Waals surface area contributed by atoms with Crippen molar-refractivity contribution < 1.29 is 0 Å². The lowest BCUT2D eigenvalue weighted by atomic mass is 10.1. The molecular weight excluding hydrogens is 176 g/mol. The van der Waals surface area contributed by atoms with Crippen molar-refractivity contribution in [3.05, 3.63) is 22.7 Å². The fraction of sp³-hybridized carbons (Fsp3) is 0.500. The highest BCUT2D eigenvalue weighted by atomic mass is 79.9. The number of allylic oxidation sites excluding steroid dienone is 4. The Balaban J connectivity index is 2.58. The highest BCUT2D eigenvalue weighted by Crippen LogP contribution is 2.19. The maximum atomic E-state index is 3.44. The summed E-state index contributed by atoms with van der Waals surface area (Å²) in [5.74, 6) is 0.816. The van der Waals surface area contributed by atoms with Crippen LogP contribution in [0.2, 0.25) is 0 Å². The van der Waals surface area contributed by atoms with Gasteiger partial charge in [0.25, 0.3) is 0 Å². The summed E-state index contributed by atoms with van der Waals surface area (Å²) in [6.07, 6.45) is 9.00. The van der Waals surface area contributed by atoms with Crippen molar-refractivity contribution in [3.8, 4) is 0 Å². The number of hydrogen-bond donors (Lipinski definition) is 0. The van der Waals surface area contributed by atoms with E-state index in [-0.39, 0.29) is 0 Å². The van der Waals surface area contributed by atoms with E-state index >= 15 is 0 Å². The molecular formula is C8H11Br. The lowest BCUT2D eigenvalue weighted by Gasteiger charge is -2.00. The van der Waals surface area contributed by atoms with Gasteiger partial charge in [0, 0.05) is 4.48 Å². The van der Waals surface area contributed by atoms with E-state index < -0.39 is 0 Å². The zero-order valence-corrected chi connectivity index (χ0v) is 7.19. The molecule has 1 aliphatic carbocycles. The molecule has 0 spiro atoms. The summed E-state index contributed by atoms with van der Waals surface area (Å²) in [6.45, 7) is 2.27. The van der Waals surface area contributed by atoms with Crippen LogP contribution in [0.15, 0.2) is 22.7 Å². The van der Waals surface area contributed by atoms with Crippen molar-refractivity contribution in [2.75, 3.05) is 0 Å². The average molecular weight is 187 g/mol. The maximum absolute atomic E-state index is 3.44. The van der Waals surface area contributed by atoms with Gasteiger partial charge in [0.05, 0.1) is 0 Å².